The quantitative estimate of drug-likeness (QED) is 0.0402. The van der Waals surface area contributed by atoms with Crippen molar-refractivity contribution in [2.45, 2.75) is 165 Å². The van der Waals surface area contributed by atoms with E-state index in [4.69, 9.17) is 19.9 Å². The molecule has 0 saturated carbocycles. The largest absolute Gasteiger partial charge is 0.394 e. The third-order valence-corrected chi connectivity index (χ3v) is 17.0. The number of urea groups is 1. The van der Waals surface area contributed by atoms with Gasteiger partial charge >= 0.3 is 6.03 Å². The van der Waals surface area contributed by atoms with Gasteiger partial charge in [0, 0.05) is 99.5 Å². The Morgan fingerprint density at radius 2 is 1.48 bits per heavy atom. The minimum Gasteiger partial charge on any atom is -0.394 e. The van der Waals surface area contributed by atoms with Gasteiger partial charge < -0.3 is 61.9 Å². The molecule has 3 aromatic rings. The van der Waals surface area contributed by atoms with Crippen LogP contribution in [0.25, 0.3) is 0 Å². The molecule has 7 amide bonds. The fourth-order valence-electron chi connectivity index (χ4n) is 10.6. The van der Waals surface area contributed by atoms with Gasteiger partial charge in [-0.25, -0.2) is 9.78 Å². The Kier molecular flexibility index (Phi) is 28.2. The van der Waals surface area contributed by atoms with Crippen LogP contribution in [0.2, 0.25) is 0 Å². The average molecular weight is 1220 g/mol. The number of aliphatic hydroxyl groups excluding tert-OH is 1. The maximum atomic E-state index is 14.3. The van der Waals surface area contributed by atoms with E-state index in [-0.39, 0.29) is 88.9 Å². The number of nitrogens with zero attached hydrogens (tertiary/aromatic N) is 4. The second-order valence-corrected chi connectivity index (χ2v) is 24.1. The number of fused-ring (bicyclic) bond motifs is 3. The van der Waals surface area contributed by atoms with Crippen LogP contribution in [0.15, 0.2) is 49.1 Å². The summed E-state index contributed by atoms with van der Waals surface area (Å²) in [5, 5.41) is 36.1. The third kappa shape index (κ3) is 22.7. The Morgan fingerprint density at radius 1 is 0.756 bits per heavy atom. The van der Waals surface area contributed by atoms with Crippen LogP contribution in [0.4, 0.5) is 4.79 Å². The van der Waals surface area contributed by atoms with Gasteiger partial charge in [0.15, 0.2) is 17.3 Å². The topological polar surface area (TPSA) is 376 Å². The molecule has 1 aromatic carbocycles. The zero-order chi connectivity index (χ0) is 62.0. The molecule has 6 rings (SSSR count). The van der Waals surface area contributed by atoms with Crippen LogP contribution < -0.4 is 37.6 Å². The second-order valence-electron chi connectivity index (χ2n) is 22.8. The maximum absolute atomic E-state index is 14.3. The lowest BCUT2D eigenvalue weighted by Crippen LogP contribution is -2.55. The van der Waals surface area contributed by atoms with Crippen molar-refractivity contribution in [3.63, 3.8) is 0 Å². The van der Waals surface area contributed by atoms with Gasteiger partial charge in [0.05, 0.1) is 75.0 Å². The Hall–Kier alpha value is -6.94. The van der Waals surface area contributed by atoms with Gasteiger partial charge in [-0.15, -0.1) is 5.10 Å². The highest BCUT2D eigenvalue weighted by Crippen LogP contribution is 2.33. The standard InChI is InChI=1S/C59H86N12O14S/c1-36(2)52-50(76)24-37(3)55(78)65-47(32-72)49(75)29-40(26-41-30-61-35-62-41)56(79)64-46(25-38-12-5-4-6-13-38)58(81)63-45(54(60)77)16-9-10-18-71-31-42(69-70-71)27-39(57(80)67-52)28-44(74)33-85-23-22-84-21-20-83-19-11-15-43(73)14-7-8-17-51-53-48(34-86-51)66-59(82)68-53/h4-6,12-13,30-31,35-37,39-40,45-48,51-53,72H,7-11,14-29,32-34H2,1-3H3,(H2,60,77)(H,61,62)(H,63,81)(H,64,79)(H,65,78)(H,67,80)(H2,66,68,82)/t37-,39+,40-,45-,46+,47+,48+,51+,52+,53+/m0/s1. The van der Waals surface area contributed by atoms with Gasteiger partial charge in [-0.1, -0.05) is 62.7 Å². The number of ketones is 4. The fourth-order valence-corrected chi connectivity index (χ4v) is 12.1. The van der Waals surface area contributed by atoms with E-state index in [2.05, 4.69) is 52.2 Å². The van der Waals surface area contributed by atoms with Gasteiger partial charge in [0.1, 0.15) is 30.5 Å². The van der Waals surface area contributed by atoms with E-state index in [1.165, 1.54) is 19.4 Å². The highest BCUT2D eigenvalue weighted by Gasteiger charge is 2.43. The van der Waals surface area contributed by atoms with Gasteiger partial charge in [0.25, 0.3) is 0 Å². The number of thioether (sulfide) groups is 1. The van der Waals surface area contributed by atoms with Crippen LogP contribution in [0, 0.1) is 23.7 Å². The maximum Gasteiger partial charge on any atom is 0.315 e. The lowest BCUT2D eigenvalue weighted by molar-refractivity contribution is -0.136. The molecule has 26 nitrogen and oxygen atoms in total. The number of aryl methyl sites for hydroxylation is 1. The first kappa shape index (κ1) is 68.2. The number of carbonyl (C=O) groups excluding carboxylic acids is 10. The van der Waals surface area contributed by atoms with E-state index < -0.39 is 108 Å². The number of unbranched alkanes of at least 4 members (excludes halogenated alkanes) is 1. The summed E-state index contributed by atoms with van der Waals surface area (Å²) >= 11 is 1.87. The molecule has 86 heavy (non-hydrogen) atoms. The molecule has 2 saturated heterocycles. The SMILES string of the molecule is CC(C)[C@H]1NC(=O)[C@@H](CC(=O)COCCOCCOCCCC(=O)CCCC[C@H]2SC[C@H]3NC(=O)N[C@H]32)Cc2cn(nn2)CCCC[C@@H](C(N)=O)NC(=O)[C@@H](Cc2ccccc2)NC(=O)[C@@H](Cc2cnc[nH]2)CC(=O)[C@@H](CO)NC(=O)[C@@H](C)CC1=O. The van der Waals surface area contributed by atoms with Crippen molar-refractivity contribution in [3.8, 4) is 0 Å². The van der Waals surface area contributed by atoms with E-state index in [0.717, 1.165) is 25.0 Å². The normalized spacial score (nSPS) is 25.1. The molecule has 2 aromatic heterocycles. The number of primary amides is 1. The van der Waals surface area contributed by atoms with Gasteiger partial charge in [-0.2, -0.15) is 11.8 Å². The Bertz CT molecular complexity index is 2710. The smallest absolute Gasteiger partial charge is 0.315 e. The molecule has 5 heterocycles. The molecular formula is C59H86N12O14S. The number of aromatic nitrogens is 5. The number of carbonyl (C=O) groups is 10. The molecule has 0 aliphatic carbocycles. The van der Waals surface area contributed by atoms with E-state index in [0.29, 0.717) is 74.1 Å². The first-order chi connectivity index (χ1) is 41.4. The van der Waals surface area contributed by atoms with Crippen LogP contribution >= 0.6 is 11.8 Å². The van der Waals surface area contributed by atoms with E-state index >= 15 is 0 Å². The number of hydrogen-bond acceptors (Lipinski definition) is 18. The zero-order valence-corrected chi connectivity index (χ0v) is 50.3. The van der Waals surface area contributed by atoms with Crippen molar-refractivity contribution in [1.82, 2.24) is 56.9 Å². The van der Waals surface area contributed by atoms with Crippen molar-refractivity contribution < 1.29 is 67.3 Å². The molecule has 0 unspecified atom stereocenters. The minimum atomic E-state index is -1.49. The molecule has 3 aliphatic rings. The van der Waals surface area contributed by atoms with Crippen molar-refractivity contribution in [2.75, 3.05) is 52.0 Å². The number of amides is 7. The summed E-state index contributed by atoms with van der Waals surface area (Å²) in [6, 6.07) is 4.14. The molecule has 472 valence electrons. The lowest BCUT2D eigenvalue weighted by atomic mass is 9.90. The summed E-state index contributed by atoms with van der Waals surface area (Å²) in [6.07, 6.45) is 8.45. The molecule has 2 fully saturated rings. The summed E-state index contributed by atoms with van der Waals surface area (Å²) in [7, 11) is 0. The number of rotatable bonds is 26. The van der Waals surface area contributed by atoms with Crippen molar-refractivity contribution >= 4 is 70.5 Å². The molecule has 0 radical (unpaired) electrons. The number of hydrogen-bond donors (Lipinski definition) is 9. The fraction of sp³-hybridized carbons (Fsp3) is 0.644. The molecule has 3 aliphatic heterocycles. The van der Waals surface area contributed by atoms with E-state index in [1.807, 2.05) is 11.8 Å². The van der Waals surface area contributed by atoms with Crippen LogP contribution in [-0.4, -0.2) is 182 Å². The third-order valence-electron chi connectivity index (χ3n) is 15.5. The molecule has 27 heteroatoms. The number of imidazole rings is 1. The average Bonchev–Trinajstić information content (AvgIpc) is 2.65. The summed E-state index contributed by atoms with van der Waals surface area (Å²) < 4.78 is 18.4. The highest BCUT2D eigenvalue weighted by atomic mass is 32.2. The number of aromatic amines is 1. The second kappa shape index (κ2) is 35.6. The summed E-state index contributed by atoms with van der Waals surface area (Å²) in [4.78, 5) is 141. The Labute approximate surface area is 505 Å². The highest BCUT2D eigenvalue weighted by molar-refractivity contribution is 8.00. The lowest BCUT2D eigenvalue weighted by Gasteiger charge is -2.26. The Morgan fingerprint density at radius 3 is 2.20 bits per heavy atom. The van der Waals surface area contributed by atoms with Crippen LogP contribution in [-0.2, 0) is 83.2 Å². The van der Waals surface area contributed by atoms with Gasteiger partial charge in [-0.3, -0.25) is 47.8 Å². The molecule has 10 N–H and O–H groups in total. The number of nitrogens with two attached hydrogens (primary N) is 1. The summed E-state index contributed by atoms with van der Waals surface area (Å²) in [5.41, 5.74) is 7.34. The van der Waals surface area contributed by atoms with Gasteiger partial charge in [-0.05, 0) is 50.0 Å². The monoisotopic (exact) mass is 1220 g/mol. The molecule has 0 spiro atoms. The minimum absolute atomic E-state index is 0.00422. The van der Waals surface area contributed by atoms with Crippen molar-refractivity contribution in [2.24, 2.45) is 29.4 Å². The van der Waals surface area contributed by atoms with Crippen LogP contribution in [0.1, 0.15) is 115 Å². The molecule has 2 bridgehead atoms. The number of Topliss-reactive ketones (excluding diaryl/α,β-unsaturated/α-hetero) is 4. The first-order valence-electron chi connectivity index (χ1n) is 29.9. The molecule has 10 atom stereocenters. The predicted octanol–water partition coefficient (Wildman–Crippen LogP) is 1.16. The number of benzene rings is 1. The number of ether oxygens (including phenoxy) is 3. The van der Waals surface area contributed by atoms with E-state index in [9.17, 15) is 53.1 Å². The summed E-state index contributed by atoms with van der Waals surface area (Å²) in [5.74, 6) is -7.81. The van der Waals surface area contributed by atoms with Gasteiger partial charge in [0.2, 0.25) is 29.5 Å². The van der Waals surface area contributed by atoms with E-state index in [1.54, 1.807) is 55.1 Å². The van der Waals surface area contributed by atoms with Crippen molar-refractivity contribution in [1.29, 1.82) is 0 Å². The number of H-pyrrole nitrogens is 1. The molecular weight excluding hydrogens is 1130 g/mol. The zero-order valence-electron chi connectivity index (χ0n) is 49.5. The van der Waals surface area contributed by atoms with Crippen LogP contribution in [0.5, 0.6) is 0 Å². The predicted molar refractivity (Wildman–Crippen MR) is 315 cm³/mol. The number of aliphatic hydroxyl groups is 1. The van der Waals surface area contributed by atoms with Crippen LogP contribution in [0.3, 0.4) is 0 Å². The number of nitrogens with one attached hydrogen (secondary N) is 7. The summed E-state index contributed by atoms with van der Waals surface area (Å²) in [6.45, 7) is 5.25. The van der Waals surface area contributed by atoms with Crippen molar-refractivity contribution in [3.05, 3.63) is 66.0 Å². The first-order valence-corrected chi connectivity index (χ1v) is 30.9. The Balaban J connectivity index is 1.03.